The van der Waals surface area contributed by atoms with E-state index in [2.05, 4.69) is 35.6 Å². The van der Waals surface area contributed by atoms with Crippen molar-refractivity contribution in [1.29, 1.82) is 0 Å². The second-order valence-electron chi connectivity index (χ2n) is 6.48. The summed E-state index contributed by atoms with van der Waals surface area (Å²) in [7, 11) is 1.64. The topological polar surface area (TPSA) is 56.1 Å². The predicted octanol–water partition coefficient (Wildman–Crippen LogP) is 3.57. The third kappa shape index (κ3) is 5.53. The van der Waals surface area contributed by atoms with Crippen LogP contribution < -0.4 is 10.1 Å². The number of thioether (sulfide) groups is 1. The van der Waals surface area contributed by atoms with E-state index >= 15 is 0 Å². The Bertz CT molecular complexity index is 708. The maximum Gasteiger partial charge on any atom is 0.230 e. The van der Waals surface area contributed by atoms with Gasteiger partial charge in [-0.2, -0.15) is 0 Å². The number of carbonyl (C=O) groups excluding carboxylic acids is 1. The van der Waals surface area contributed by atoms with Crippen LogP contribution in [0.15, 0.2) is 29.4 Å². The fourth-order valence-corrected chi connectivity index (χ4v) is 3.37. The Kier molecular flexibility index (Phi) is 6.93. The lowest BCUT2D eigenvalue weighted by Gasteiger charge is -2.12. The van der Waals surface area contributed by atoms with Crippen LogP contribution in [0.2, 0.25) is 0 Å². The van der Waals surface area contributed by atoms with Gasteiger partial charge < -0.3 is 14.6 Å². The maximum absolute atomic E-state index is 12.1. The van der Waals surface area contributed by atoms with Crippen molar-refractivity contribution in [3.05, 3.63) is 41.2 Å². The van der Waals surface area contributed by atoms with Gasteiger partial charge in [-0.25, -0.2) is 4.98 Å². The summed E-state index contributed by atoms with van der Waals surface area (Å²) in [6, 6.07) is 7.69. The van der Waals surface area contributed by atoms with Gasteiger partial charge in [0, 0.05) is 18.8 Å². The molecule has 25 heavy (non-hydrogen) atoms. The van der Waals surface area contributed by atoms with E-state index in [1.807, 2.05) is 31.2 Å². The molecule has 0 aliphatic rings. The van der Waals surface area contributed by atoms with Crippen LogP contribution in [0.25, 0.3) is 0 Å². The van der Waals surface area contributed by atoms with Crippen molar-refractivity contribution in [3.63, 3.8) is 0 Å². The first kappa shape index (κ1) is 19.4. The van der Waals surface area contributed by atoms with Gasteiger partial charge in [-0.3, -0.25) is 4.79 Å². The normalized spacial score (nSPS) is 11.0. The molecule has 2 rings (SSSR count). The Morgan fingerprint density at radius 1 is 1.28 bits per heavy atom. The van der Waals surface area contributed by atoms with Crippen LogP contribution in [0, 0.1) is 19.8 Å². The first-order chi connectivity index (χ1) is 11.9. The van der Waals surface area contributed by atoms with Gasteiger partial charge in [0.05, 0.1) is 18.6 Å². The Morgan fingerprint density at radius 3 is 2.56 bits per heavy atom. The highest BCUT2D eigenvalue weighted by molar-refractivity contribution is 7.99. The molecular formula is C19H27N3O2S. The molecule has 0 unspecified atom stereocenters. The molecule has 0 aliphatic heterocycles. The van der Waals surface area contributed by atoms with Crippen LogP contribution in [-0.4, -0.2) is 28.3 Å². The lowest BCUT2D eigenvalue weighted by Crippen LogP contribution is -2.24. The molecule has 0 radical (unpaired) electrons. The quantitative estimate of drug-likeness (QED) is 0.730. The van der Waals surface area contributed by atoms with E-state index in [0.717, 1.165) is 28.7 Å². The number of hydrogen-bond acceptors (Lipinski definition) is 4. The minimum Gasteiger partial charge on any atom is -0.497 e. The molecule has 1 aromatic heterocycles. The molecule has 136 valence electrons. The number of amides is 1. The summed E-state index contributed by atoms with van der Waals surface area (Å²) >= 11 is 1.49. The molecule has 0 saturated carbocycles. The van der Waals surface area contributed by atoms with Gasteiger partial charge in [0.15, 0.2) is 5.16 Å². The summed E-state index contributed by atoms with van der Waals surface area (Å²) in [5.41, 5.74) is 3.25. The van der Waals surface area contributed by atoms with E-state index in [9.17, 15) is 4.79 Å². The molecule has 0 saturated heterocycles. The van der Waals surface area contributed by atoms with E-state index < -0.39 is 0 Å². The molecule has 1 N–H and O–H groups in total. The van der Waals surface area contributed by atoms with E-state index in [1.165, 1.54) is 17.5 Å². The zero-order chi connectivity index (χ0) is 18.4. The Balaban J connectivity index is 1.88. The van der Waals surface area contributed by atoms with E-state index in [1.54, 1.807) is 7.11 Å². The molecule has 0 bridgehead atoms. The van der Waals surface area contributed by atoms with Crippen LogP contribution in [0.4, 0.5) is 0 Å². The number of nitrogens with zero attached hydrogens (tertiary/aromatic N) is 2. The molecule has 2 aromatic rings. The van der Waals surface area contributed by atoms with Gasteiger partial charge in [-0.1, -0.05) is 37.7 Å². The van der Waals surface area contributed by atoms with Gasteiger partial charge >= 0.3 is 0 Å². The minimum absolute atomic E-state index is 0.00946. The monoisotopic (exact) mass is 361 g/mol. The van der Waals surface area contributed by atoms with Crippen LogP contribution in [0.3, 0.4) is 0 Å². The molecule has 1 heterocycles. The summed E-state index contributed by atoms with van der Waals surface area (Å²) in [6.07, 6.45) is 0. The zero-order valence-corrected chi connectivity index (χ0v) is 16.4. The molecule has 1 aromatic carbocycles. The third-order valence-electron chi connectivity index (χ3n) is 3.95. The number of aromatic nitrogens is 2. The second-order valence-corrected chi connectivity index (χ2v) is 7.43. The molecule has 5 nitrogen and oxygen atoms in total. The van der Waals surface area contributed by atoms with Crippen molar-refractivity contribution in [1.82, 2.24) is 14.9 Å². The highest BCUT2D eigenvalue weighted by Gasteiger charge is 2.14. The predicted molar refractivity (Wildman–Crippen MR) is 102 cm³/mol. The van der Waals surface area contributed by atoms with Crippen molar-refractivity contribution in [2.75, 3.05) is 12.9 Å². The number of nitrogens with one attached hydrogen (secondary N) is 1. The van der Waals surface area contributed by atoms with E-state index in [0.29, 0.717) is 18.2 Å². The van der Waals surface area contributed by atoms with Gasteiger partial charge in [0.1, 0.15) is 5.75 Å². The summed E-state index contributed by atoms with van der Waals surface area (Å²) in [5, 5.41) is 3.87. The maximum atomic E-state index is 12.1. The molecule has 0 aliphatic carbocycles. The molecule has 0 atom stereocenters. The number of ether oxygens (including phenoxy) is 1. The average Bonchev–Trinajstić information content (AvgIpc) is 2.86. The van der Waals surface area contributed by atoms with Crippen molar-refractivity contribution in [2.24, 2.45) is 5.92 Å². The number of imidazole rings is 1. The number of methoxy groups -OCH3 is 1. The van der Waals surface area contributed by atoms with Crippen LogP contribution in [0.5, 0.6) is 5.75 Å². The smallest absolute Gasteiger partial charge is 0.230 e. The SMILES string of the molecule is COc1ccc(CNC(=O)CSc2nc(C)c(C)n2CC(C)C)cc1. The van der Waals surface area contributed by atoms with E-state index in [4.69, 9.17) is 4.74 Å². The van der Waals surface area contributed by atoms with Gasteiger partial charge in [0.2, 0.25) is 5.91 Å². The average molecular weight is 362 g/mol. The highest BCUT2D eigenvalue weighted by atomic mass is 32.2. The lowest BCUT2D eigenvalue weighted by atomic mass is 10.2. The third-order valence-corrected chi connectivity index (χ3v) is 4.93. The molecule has 1 amide bonds. The zero-order valence-electron chi connectivity index (χ0n) is 15.6. The number of rotatable bonds is 8. The molecular weight excluding hydrogens is 334 g/mol. The van der Waals surface area contributed by atoms with Crippen LogP contribution >= 0.6 is 11.8 Å². The Morgan fingerprint density at radius 2 is 1.96 bits per heavy atom. The number of benzene rings is 1. The summed E-state index contributed by atoms with van der Waals surface area (Å²) in [4.78, 5) is 16.7. The van der Waals surface area contributed by atoms with Crippen molar-refractivity contribution in [2.45, 2.75) is 45.9 Å². The van der Waals surface area contributed by atoms with Gasteiger partial charge in [-0.05, 0) is 37.5 Å². The fraction of sp³-hybridized carbons (Fsp3) is 0.474. The molecule has 6 heteroatoms. The number of hydrogen-bond donors (Lipinski definition) is 1. The van der Waals surface area contributed by atoms with Crippen LogP contribution in [-0.2, 0) is 17.9 Å². The van der Waals surface area contributed by atoms with Gasteiger partial charge in [-0.15, -0.1) is 0 Å². The van der Waals surface area contributed by atoms with Crippen LogP contribution in [0.1, 0.15) is 30.8 Å². The molecule has 0 fully saturated rings. The Labute approximate surface area is 154 Å². The minimum atomic E-state index is 0.00946. The van der Waals surface area contributed by atoms with Crippen molar-refractivity contribution in [3.8, 4) is 5.75 Å². The largest absolute Gasteiger partial charge is 0.497 e. The van der Waals surface area contributed by atoms with Gasteiger partial charge in [0.25, 0.3) is 0 Å². The highest BCUT2D eigenvalue weighted by Crippen LogP contribution is 2.22. The Hall–Kier alpha value is -1.95. The first-order valence-electron chi connectivity index (χ1n) is 8.46. The first-order valence-corrected chi connectivity index (χ1v) is 9.45. The fourth-order valence-electron chi connectivity index (χ4n) is 2.44. The standard InChI is InChI=1S/C19H27N3O2S/c1-13(2)11-22-15(4)14(3)21-19(22)25-12-18(23)20-10-16-6-8-17(24-5)9-7-16/h6-9,13H,10-12H2,1-5H3,(H,20,23). The number of carbonyl (C=O) groups is 1. The summed E-state index contributed by atoms with van der Waals surface area (Å²) in [5.74, 6) is 1.73. The summed E-state index contributed by atoms with van der Waals surface area (Å²) in [6.45, 7) is 9.90. The molecule has 0 spiro atoms. The second kappa shape index (κ2) is 8.94. The van der Waals surface area contributed by atoms with Crippen molar-refractivity contribution < 1.29 is 9.53 Å². The van der Waals surface area contributed by atoms with Crippen molar-refractivity contribution >= 4 is 17.7 Å². The van der Waals surface area contributed by atoms with E-state index in [-0.39, 0.29) is 5.91 Å². The lowest BCUT2D eigenvalue weighted by molar-refractivity contribution is -0.118. The number of aryl methyl sites for hydroxylation is 1. The summed E-state index contributed by atoms with van der Waals surface area (Å²) < 4.78 is 7.34.